The highest BCUT2D eigenvalue weighted by atomic mass is 16.5. The van der Waals surface area contributed by atoms with Crippen LogP contribution in [0.25, 0.3) is 0 Å². The minimum atomic E-state index is -0.109. The zero-order valence-corrected chi connectivity index (χ0v) is 14.7. The lowest BCUT2D eigenvalue weighted by atomic mass is 10.00. The summed E-state index contributed by atoms with van der Waals surface area (Å²) in [7, 11) is 1.68. The number of ether oxygens (including phenoxy) is 1. The van der Waals surface area contributed by atoms with Gasteiger partial charge in [-0.05, 0) is 36.6 Å². The monoisotopic (exact) mass is 347 g/mol. The lowest BCUT2D eigenvalue weighted by Gasteiger charge is -2.28. The van der Waals surface area contributed by atoms with Crippen molar-refractivity contribution < 1.29 is 9.53 Å². The Morgan fingerprint density at radius 3 is 2.77 bits per heavy atom. The van der Waals surface area contributed by atoms with Crippen molar-refractivity contribution in [3.05, 3.63) is 72.8 Å². The second-order valence-corrected chi connectivity index (χ2v) is 6.48. The molecule has 1 aromatic heterocycles. The van der Waals surface area contributed by atoms with Crippen molar-refractivity contribution >= 4 is 17.3 Å². The first-order chi connectivity index (χ1) is 12.8. The Hall–Kier alpha value is -3.08. The molecule has 0 spiro atoms. The van der Waals surface area contributed by atoms with Crippen molar-refractivity contribution in [3.8, 4) is 5.75 Å². The van der Waals surface area contributed by atoms with Crippen molar-refractivity contribution in [2.75, 3.05) is 18.6 Å². The molecule has 0 saturated carbocycles. The van der Waals surface area contributed by atoms with Crippen molar-refractivity contribution in [2.24, 2.45) is 5.92 Å². The maximum atomic E-state index is 12.9. The number of benzene rings is 2. The van der Waals surface area contributed by atoms with E-state index in [0.717, 1.165) is 30.0 Å². The number of hydrogen-bond donors (Lipinski definition) is 0. The van der Waals surface area contributed by atoms with E-state index in [0.29, 0.717) is 6.54 Å². The normalized spacial score (nSPS) is 16.7. The lowest BCUT2D eigenvalue weighted by Crippen LogP contribution is -2.31. The summed E-state index contributed by atoms with van der Waals surface area (Å²) in [5.74, 6) is 0.801. The topological polar surface area (TPSA) is 47.4 Å². The third kappa shape index (κ3) is 3.08. The Bertz CT molecular complexity index is 891. The van der Waals surface area contributed by atoms with Crippen LogP contribution < -0.4 is 9.64 Å². The molecule has 0 amide bonds. The Balaban J connectivity index is 1.75. The minimum Gasteiger partial charge on any atom is -0.497 e. The van der Waals surface area contributed by atoms with Gasteiger partial charge in [-0.2, -0.15) is 0 Å². The molecule has 5 nitrogen and oxygen atoms in total. The molecule has 0 N–H and O–H groups in total. The molecular weight excluding hydrogens is 326 g/mol. The number of anilines is 2. The Morgan fingerprint density at radius 2 is 2.04 bits per heavy atom. The second-order valence-electron chi connectivity index (χ2n) is 6.48. The minimum absolute atomic E-state index is 0.0863. The number of methoxy groups -OCH3 is 1. The maximum absolute atomic E-state index is 12.9. The van der Waals surface area contributed by atoms with E-state index in [2.05, 4.69) is 34.1 Å². The van der Waals surface area contributed by atoms with Crippen molar-refractivity contribution in [1.82, 2.24) is 9.55 Å². The van der Waals surface area contributed by atoms with Crippen LogP contribution in [0.1, 0.15) is 16.8 Å². The number of fused-ring (bicyclic) bond motifs is 1. The quantitative estimate of drug-likeness (QED) is 0.720. The van der Waals surface area contributed by atoms with E-state index in [-0.39, 0.29) is 11.8 Å². The Labute approximate surface area is 152 Å². The van der Waals surface area contributed by atoms with Crippen molar-refractivity contribution in [2.45, 2.75) is 12.8 Å². The number of imidazole rings is 1. The SMILES string of the molecule is COc1ccc2c(c1)N(c1ccccc1)CC(C(=O)n1ccnc1)CC2. The van der Waals surface area contributed by atoms with Gasteiger partial charge in [-0.3, -0.25) is 9.36 Å². The number of aryl methyl sites for hydroxylation is 1. The summed E-state index contributed by atoms with van der Waals surface area (Å²) < 4.78 is 7.02. The molecule has 2 aromatic carbocycles. The molecule has 1 unspecified atom stereocenters. The van der Waals surface area contributed by atoms with Crippen LogP contribution in [-0.4, -0.2) is 29.1 Å². The van der Waals surface area contributed by atoms with Crippen LogP contribution in [0.3, 0.4) is 0 Å². The highest BCUT2D eigenvalue weighted by Crippen LogP contribution is 2.36. The van der Waals surface area contributed by atoms with Gasteiger partial charge in [-0.15, -0.1) is 0 Å². The predicted octanol–water partition coefficient (Wildman–Crippen LogP) is 3.93. The lowest BCUT2D eigenvalue weighted by molar-refractivity contribution is 0.0833. The molecule has 26 heavy (non-hydrogen) atoms. The van der Waals surface area contributed by atoms with E-state index in [1.54, 1.807) is 30.4 Å². The van der Waals surface area contributed by atoms with Gasteiger partial charge < -0.3 is 9.64 Å². The van der Waals surface area contributed by atoms with Gasteiger partial charge in [-0.1, -0.05) is 24.3 Å². The third-order valence-electron chi connectivity index (χ3n) is 4.92. The first kappa shape index (κ1) is 16.4. The van der Waals surface area contributed by atoms with E-state index in [1.165, 1.54) is 5.56 Å². The molecule has 0 saturated heterocycles. The molecule has 1 atom stereocenters. The molecule has 0 radical (unpaired) electrons. The average Bonchev–Trinajstić information content (AvgIpc) is 3.16. The van der Waals surface area contributed by atoms with E-state index in [4.69, 9.17) is 4.74 Å². The summed E-state index contributed by atoms with van der Waals surface area (Å²) in [6.07, 6.45) is 6.60. The molecule has 5 heteroatoms. The molecule has 0 aliphatic carbocycles. The van der Waals surface area contributed by atoms with E-state index < -0.39 is 0 Å². The third-order valence-corrected chi connectivity index (χ3v) is 4.92. The fourth-order valence-corrected chi connectivity index (χ4v) is 3.53. The van der Waals surface area contributed by atoms with Gasteiger partial charge in [0.1, 0.15) is 12.1 Å². The number of carbonyl (C=O) groups is 1. The van der Waals surface area contributed by atoms with Crippen molar-refractivity contribution in [3.63, 3.8) is 0 Å². The number of nitrogens with zero attached hydrogens (tertiary/aromatic N) is 3. The molecule has 4 rings (SSSR count). The zero-order chi connectivity index (χ0) is 17.9. The molecular formula is C21H21N3O2. The smallest absolute Gasteiger partial charge is 0.236 e. The average molecular weight is 347 g/mol. The van der Waals surface area contributed by atoms with E-state index in [9.17, 15) is 4.79 Å². The fraction of sp³-hybridized carbons (Fsp3) is 0.238. The molecule has 0 fully saturated rings. The van der Waals surface area contributed by atoms with Crippen LogP contribution in [-0.2, 0) is 6.42 Å². The maximum Gasteiger partial charge on any atom is 0.236 e. The fourth-order valence-electron chi connectivity index (χ4n) is 3.53. The molecule has 1 aliphatic rings. The number of para-hydroxylation sites is 1. The Morgan fingerprint density at radius 1 is 1.19 bits per heavy atom. The number of rotatable bonds is 3. The number of hydrogen-bond acceptors (Lipinski definition) is 4. The summed E-state index contributed by atoms with van der Waals surface area (Å²) in [6, 6.07) is 16.3. The van der Waals surface area contributed by atoms with Crippen LogP contribution in [0.5, 0.6) is 5.75 Å². The molecule has 132 valence electrons. The van der Waals surface area contributed by atoms with Gasteiger partial charge in [0.15, 0.2) is 0 Å². The van der Waals surface area contributed by atoms with Crippen LogP contribution in [0.4, 0.5) is 11.4 Å². The largest absolute Gasteiger partial charge is 0.497 e. The van der Waals surface area contributed by atoms with E-state index in [1.807, 2.05) is 24.3 Å². The standard InChI is InChI=1S/C21H21N3O2/c1-26-19-10-9-16-7-8-17(21(25)23-12-11-22-15-23)14-24(20(16)13-19)18-5-3-2-4-6-18/h2-6,9-13,15,17H,7-8,14H2,1H3. The highest BCUT2D eigenvalue weighted by Gasteiger charge is 2.28. The summed E-state index contributed by atoms with van der Waals surface area (Å²) in [4.78, 5) is 19.2. The van der Waals surface area contributed by atoms with Crippen LogP contribution in [0.2, 0.25) is 0 Å². The molecule has 0 bridgehead atoms. The second kappa shape index (κ2) is 7.04. The van der Waals surface area contributed by atoms with Gasteiger partial charge in [-0.25, -0.2) is 4.98 Å². The van der Waals surface area contributed by atoms with Crippen LogP contribution in [0.15, 0.2) is 67.3 Å². The van der Waals surface area contributed by atoms with Crippen molar-refractivity contribution in [1.29, 1.82) is 0 Å². The Kier molecular flexibility index (Phi) is 4.44. The highest BCUT2D eigenvalue weighted by molar-refractivity contribution is 5.83. The van der Waals surface area contributed by atoms with Gasteiger partial charge in [0.05, 0.1) is 13.0 Å². The molecule has 1 aliphatic heterocycles. The first-order valence-corrected chi connectivity index (χ1v) is 8.78. The predicted molar refractivity (Wildman–Crippen MR) is 101 cm³/mol. The van der Waals surface area contributed by atoms with Gasteiger partial charge in [0.2, 0.25) is 5.91 Å². The first-order valence-electron chi connectivity index (χ1n) is 8.78. The summed E-state index contributed by atoms with van der Waals surface area (Å²) in [5.41, 5.74) is 3.42. The summed E-state index contributed by atoms with van der Waals surface area (Å²) >= 11 is 0. The van der Waals surface area contributed by atoms with E-state index >= 15 is 0 Å². The number of carbonyl (C=O) groups excluding carboxylic acids is 1. The molecule has 2 heterocycles. The van der Waals surface area contributed by atoms with Gasteiger partial charge in [0, 0.05) is 36.4 Å². The zero-order valence-electron chi connectivity index (χ0n) is 14.7. The summed E-state index contributed by atoms with van der Waals surface area (Å²) in [5, 5.41) is 0. The van der Waals surface area contributed by atoms with Gasteiger partial charge in [0.25, 0.3) is 0 Å². The van der Waals surface area contributed by atoms with Crippen LogP contribution in [0, 0.1) is 5.92 Å². The number of aromatic nitrogens is 2. The summed E-state index contributed by atoms with van der Waals surface area (Å²) in [6.45, 7) is 0.626. The van der Waals surface area contributed by atoms with Gasteiger partial charge >= 0.3 is 0 Å². The van der Waals surface area contributed by atoms with Crippen LogP contribution >= 0.6 is 0 Å². The molecule has 3 aromatic rings.